The maximum atomic E-state index is 13.0. The van der Waals surface area contributed by atoms with Crippen LogP contribution in [-0.4, -0.2) is 37.0 Å². The molecule has 2 aromatic heterocycles. The van der Waals surface area contributed by atoms with Crippen molar-refractivity contribution >= 4 is 34.5 Å². The van der Waals surface area contributed by atoms with Gasteiger partial charge in [-0.1, -0.05) is 54.2 Å². The second-order valence-electron chi connectivity index (χ2n) is 7.61. The van der Waals surface area contributed by atoms with E-state index in [4.69, 9.17) is 4.74 Å². The van der Waals surface area contributed by atoms with Crippen LogP contribution in [0.25, 0.3) is 11.2 Å². The van der Waals surface area contributed by atoms with Crippen LogP contribution in [0.1, 0.15) is 12.5 Å². The maximum absolute atomic E-state index is 13.0. The van der Waals surface area contributed by atoms with Gasteiger partial charge >= 0.3 is 5.69 Å². The fourth-order valence-electron chi connectivity index (χ4n) is 3.62. The first kappa shape index (κ1) is 23.4. The van der Waals surface area contributed by atoms with E-state index in [2.05, 4.69) is 10.3 Å². The Hall–Kier alpha value is -3.79. The first-order valence-electron chi connectivity index (χ1n) is 10.7. The summed E-state index contributed by atoms with van der Waals surface area (Å²) >= 11 is 1.20. The van der Waals surface area contributed by atoms with Gasteiger partial charge in [-0.2, -0.15) is 0 Å². The molecule has 0 unspecified atom stereocenters. The Bertz CT molecular complexity index is 1460. The molecule has 0 aliphatic heterocycles. The molecule has 4 rings (SSSR count). The van der Waals surface area contributed by atoms with Crippen molar-refractivity contribution in [3.05, 3.63) is 81.0 Å². The summed E-state index contributed by atoms with van der Waals surface area (Å²) in [6.45, 7) is 2.74. The third-order valence-electron chi connectivity index (χ3n) is 5.29. The highest BCUT2D eigenvalue weighted by Crippen LogP contribution is 2.26. The molecule has 4 aromatic rings. The van der Waals surface area contributed by atoms with Crippen molar-refractivity contribution in [1.82, 2.24) is 18.7 Å². The molecule has 1 N–H and O–H groups in total. The van der Waals surface area contributed by atoms with Crippen LogP contribution in [0.5, 0.6) is 5.75 Å². The van der Waals surface area contributed by atoms with Gasteiger partial charge in [0.2, 0.25) is 5.91 Å². The summed E-state index contributed by atoms with van der Waals surface area (Å²) in [6, 6.07) is 16.9. The zero-order valence-electron chi connectivity index (χ0n) is 19.1. The summed E-state index contributed by atoms with van der Waals surface area (Å²) in [5.74, 6) is 0.419. The molecular formula is C24H25N5O4S. The largest absolute Gasteiger partial charge is 0.492 e. The number of aryl methyl sites for hydroxylation is 1. The Kier molecular flexibility index (Phi) is 6.87. The predicted molar refractivity (Wildman–Crippen MR) is 133 cm³/mol. The van der Waals surface area contributed by atoms with E-state index >= 15 is 0 Å². The molecule has 0 aliphatic carbocycles. The van der Waals surface area contributed by atoms with E-state index in [0.717, 1.165) is 10.1 Å². The number of thioether (sulfide) groups is 1. The number of aromatic nitrogens is 4. The summed E-state index contributed by atoms with van der Waals surface area (Å²) in [5, 5.41) is 3.34. The molecule has 9 nitrogen and oxygen atoms in total. The number of hydrogen-bond acceptors (Lipinski definition) is 6. The summed E-state index contributed by atoms with van der Waals surface area (Å²) in [7, 11) is 3.02. The molecule has 2 aromatic carbocycles. The molecule has 0 spiro atoms. The van der Waals surface area contributed by atoms with Gasteiger partial charge in [-0.25, -0.2) is 9.78 Å². The number of hydrogen-bond donors (Lipinski definition) is 1. The van der Waals surface area contributed by atoms with Crippen molar-refractivity contribution < 1.29 is 9.53 Å². The van der Waals surface area contributed by atoms with E-state index in [1.54, 1.807) is 23.7 Å². The van der Waals surface area contributed by atoms with Crippen LogP contribution in [0.15, 0.2) is 69.3 Å². The Balaban J connectivity index is 1.67. The van der Waals surface area contributed by atoms with Crippen LogP contribution < -0.4 is 21.3 Å². The number of nitrogens with zero attached hydrogens (tertiary/aromatic N) is 4. The quantitative estimate of drug-likeness (QED) is 0.390. The Morgan fingerprint density at radius 3 is 2.47 bits per heavy atom. The highest BCUT2D eigenvalue weighted by atomic mass is 32.2. The first-order valence-corrected chi connectivity index (χ1v) is 11.7. The van der Waals surface area contributed by atoms with Crippen molar-refractivity contribution in [3.63, 3.8) is 0 Å². The summed E-state index contributed by atoms with van der Waals surface area (Å²) in [5.41, 5.74) is 1.28. The number of ether oxygens (including phenoxy) is 1. The van der Waals surface area contributed by atoms with Gasteiger partial charge in [0.1, 0.15) is 5.75 Å². The van der Waals surface area contributed by atoms with Gasteiger partial charge in [-0.15, -0.1) is 0 Å². The smallest absolute Gasteiger partial charge is 0.332 e. The summed E-state index contributed by atoms with van der Waals surface area (Å²) < 4.78 is 9.74. The average Bonchev–Trinajstić information content (AvgIpc) is 3.20. The number of nitrogens with one attached hydrogen (secondary N) is 1. The van der Waals surface area contributed by atoms with E-state index in [9.17, 15) is 14.4 Å². The minimum absolute atomic E-state index is 0.0623. The van der Waals surface area contributed by atoms with Crippen LogP contribution in [0, 0.1) is 0 Å². The zero-order valence-corrected chi connectivity index (χ0v) is 20.0. The SMILES string of the molecule is CCOc1ccccc1NC(=O)CSc1nc2c(c(=O)n(C)c(=O)n2C)n1Cc1ccccc1. The van der Waals surface area contributed by atoms with Gasteiger partial charge in [0.15, 0.2) is 16.3 Å². The van der Waals surface area contributed by atoms with Gasteiger partial charge in [-0.3, -0.25) is 18.7 Å². The monoisotopic (exact) mass is 479 g/mol. The Labute approximate surface area is 200 Å². The highest BCUT2D eigenvalue weighted by molar-refractivity contribution is 7.99. The molecule has 0 saturated carbocycles. The Morgan fingerprint density at radius 2 is 1.74 bits per heavy atom. The van der Waals surface area contributed by atoms with E-state index in [1.165, 1.54) is 23.4 Å². The number of fused-ring (bicyclic) bond motifs is 1. The van der Waals surface area contributed by atoms with Crippen molar-refractivity contribution in [2.45, 2.75) is 18.6 Å². The molecule has 34 heavy (non-hydrogen) atoms. The lowest BCUT2D eigenvalue weighted by Gasteiger charge is -2.12. The first-order chi connectivity index (χ1) is 16.4. The molecule has 1 amide bonds. The number of para-hydroxylation sites is 2. The van der Waals surface area contributed by atoms with Crippen LogP contribution in [0.3, 0.4) is 0 Å². The van der Waals surface area contributed by atoms with E-state index in [-0.39, 0.29) is 17.3 Å². The van der Waals surface area contributed by atoms with Crippen molar-refractivity contribution in [1.29, 1.82) is 0 Å². The van der Waals surface area contributed by atoms with Crippen LogP contribution in [-0.2, 0) is 25.4 Å². The normalized spacial score (nSPS) is 11.0. The average molecular weight is 480 g/mol. The van der Waals surface area contributed by atoms with Gasteiger partial charge in [0, 0.05) is 14.1 Å². The number of carbonyl (C=O) groups is 1. The molecule has 0 atom stereocenters. The maximum Gasteiger partial charge on any atom is 0.332 e. The van der Waals surface area contributed by atoms with Crippen LogP contribution in [0.4, 0.5) is 5.69 Å². The number of benzene rings is 2. The highest BCUT2D eigenvalue weighted by Gasteiger charge is 2.20. The molecule has 0 saturated heterocycles. The number of carbonyl (C=O) groups excluding carboxylic acids is 1. The molecule has 0 aliphatic rings. The lowest BCUT2D eigenvalue weighted by Crippen LogP contribution is -2.37. The minimum atomic E-state index is -0.455. The lowest BCUT2D eigenvalue weighted by atomic mass is 10.2. The standard InChI is InChI=1S/C24H25N5O4S/c1-4-33-18-13-9-8-12-17(18)25-19(30)15-34-23-26-21-20(22(31)28(3)24(32)27(21)2)29(23)14-16-10-6-5-7-11-16/h5-13H,4,14-15H2,1-3H3,(H,25,30). The van der Waals surface area contributed by atoms with Crippen LogP contribution >= 0.6 is 11.8 Å². The van der Waals surface area contributed by atoms with Gasteiger partial charge in [0.25, 0.3) is 5.56 Å². The van der Waals surface area contributed by atoms with Crippen LogP contribution in [0.2, 0.25) is 0 Å². The van der Waals surface area contributed by atoms with E-state index in [1.807, 2.05) is 49.4 Å². The number of amides is 1. The van der Waals surface area contributed by atoms with Gasteiger partial charge in [-0.05, 0) is 24.6 Å². The molecule has 0 bridgehead atoms. The zero-order chi connectivity index (χ0) is 24.2. The Morgan fingerprint density at radius 1 is 1.03 bits per heavy atom. The second kappa shape index (κ2) is 10.0. The lowest BCUT2D eigenvalue weighted by molar-refractivity contribution is -0.113. The fraction of sp³-hybridized carbons (Fsp3) is 0.250. The van der Waals surface area contributed by atoms with Crippen molar-refractivity contribution in [2.75, 3.05) is 17.7 Å². The predicted octanol–water partition coefficient (Wildman–Crippen LogP) is 2.61. The number of anilines is 1. The molecule has 10 heteroatoms. The third kappa shape index (κ3) is 4.62. The molecule has 0 fully saturated rings. The minimum Gasteiger partial charge on any atom is -0.492 e. The molecule has 0 radical (unpaired) electrons. The van der Waals surface area contributed by atoms with Gasteiger partial charge in [0.05, 0.1) is 24.6 Å². The van der Waals surface area contributed by atoms with Crippen molar-refractivity contribution in [2.24, 2.45) is 14.1 Å². The third-order valence-corrected chi connectivity index (χ3v) is 6.27. The van der Waals surface area contributed by atoms with E-state index in [0.29, 0.717) is 35.3 Å². The fourth-order valence-corrected chi connectivity index (χ4v) is 4.41. The summed E-state index contributed by atoms with van der Waals surface area (Å²) in [6.07, 6.45) is 0. The van der Waals surface area contributed by atoms with E-state index < -0.39 is 11.2 Å². The molecule has 2 heterocycles. The number of imidazole rings is 1. The molecular weight excluding hydrogens is 454 g/mol. The van der Waals surface area contributed by atoms with Gasteiger partial charge < -0.3 is 14.6 Å². The number of rotatable bonds is 8. The van der Waals surface area contributed by atoms with Crippen molar-refractivity contribution in [3.8, 4) is 5.75 Å². The second-order valence-corrected chi connectivity index (χ2v) is 8.55. The summed E-state index contributed by atoms with van der Waals surface area (Å²) in [4.78, 5) is 42.7. The topological polar surface area (TPSA) is 100 Å². The molecule has 176 valence electrons.